The third-order valence-corrected chi connectivity index (χ3v) is 10.1. The molecule has 0 bridgehead atoms. The van der Waals surface area contributed by atoms with Crippen molar-refractivity contribution in [3.8, 4) is 0 Å². The summed E-state index contributed by atoms with van der Waals surface area (Å²) in [5, 5.41) is 3.45. The van der Waals surface area contributed by atoms with Gasteiger partial charge in [0.1, 0.15) is 11.3 Å². The third-order valence-electron chi connectivity index (χ3n) is 9.83. The number of rotatable bonds is 14. The van der Waals surface area contributed by atoms with Crippen molar-refractivity contribution in [2.45, 2.75) is 90.8 Å². The van der Waals surface area contributed by atoms with Gasteiger partial charge in [-0.15, -0.1) is 0 Å². The Labute approximate surface area is 273 Å². The van der Waals surface area contributed by atoms with E-state index in [2.05, 4.69) is 15.3 Å². The summed E-state index contributed by atoms with van der Waals surface area (Å²) < 4.78 is 41.7. The number of aromatic nitrogens is 2. The summed E-state index contributed by atoms with van der Waals surface area (Å²) in [5.74, 6) is -2.13. The van der Waals surface area contributed by atoms with Crippen LogP contribution in [0, 0.1) is 23.7 Å². The number of para-hydroxylation sites is 1. The molecule has 46 heavy (non-hydrogen) atoms. The average Bonchev–Trinajstić information content (AvgIpc) is 3.39. The summed E-state index contributed by atoms with van der Waals surface area (Å²) in [7, 11) is 0. The fourth-order valence-electron chi connectivity index (χ4n) is 6.57. The number of benzene rings is 1. The number of carbonyl (C=O) groups is 3. The van der Waals surface area contributed by atoms with Crippen LogP contribution in [0.25, 0.3) is 10.9 Å². The number of hydrogen-bond acceptors (Lipinski definition) is 5. The smallest absolute Gasteiger partial charge is 0.393 e. The Morgan fingerprint density at radius 3 is 2.35 bits per heavy atom. The summed E-state index contributed by atoms with van der Waals surface area (Å²) in [6, 6.07) is 9.30. The molecule has 0 aliphatic heterocycles. The molecule has 1 amide bonds. The zero-order valence-electron chi connectivity index (χ0n) is 26.8. The molecule has 2 aromatic heterocycles. The summed E-state index contributed by atoms with van der Waals surface area (Å²) in [6.07, 6.45) is -1.13. The van der Waals surface area contributed by atoms with Gasteiger partial charge in [0.2, 0.25) is 5.91 Å². The zero-order chi connectivity index (χ0) is 33.8. The molecule has 1 aliphatic carbocycles. The van der Waals surface area contributed by atoms with Gasteiger partial charge >= 0.3 is 6.18 Å². The Morgan fingerprint density at radius 1 is 1.04 bits per heavy atom. The average molecular weight is 657 g/mol. The van der Waals surface area contributed by atoms with Crippen molar-refractivity contribution in [1.82, 2.24) is 15.3 Å². The van der Waals surface area contributed by atoms with Crippen LogP contribution in [0.1, 0.15) is 82.3 Å². The number of hydrogen-bond donors (Lipinski definition) is 3. The minimum atomic E-state index is -4.57. The van der Waals surface area contributed by atoms with E-state index in [9.17, 15) is 27.6 Å². The van der Waals surface area contributed by atoms with Crippen molar-refractivity contribution < 1.29 is 27.6 Å². The second-order valence-corrected chi connectivity index (χ2v) is 13.3. The van der Waals surface area contributed by atoms with E-state index in [-0.39, 0.29) is 72.4 Å². The summed E-state index contributed by atoms with van der Waals surface area (Å²) >= 11 is 5.34. The van der Waals surface area contributed by atoms with Crippen LogP contribution < -0.4 is 11.1 Å². The van der Waals surface area contributed by atoms with Crippen molar-refractivity contribution in [3.05, 3.63) is 65.1 Å². The van der Waals surface area contributed by atoms with Crippen LogP contribution in [0.5, 0.6) is 0 Å². The minimum Gasteiger partial charge on any atom is -0.393 e. The minimum absolute atomic E-state index is 0.00728. The Kier molecular flexibility index (Phi) is 11.1. The van der Waals surface area contributed by atoms with Gasteiger partial charge in [-0.25, -0.2) is 0 Å². The highest BCUT2D eigenvalue weighted by molar-refractivity contribution is 7.80. The molecule has 248 valence electrons. The zero-order valence-corrected chi connectivity index (χ0v) is 27.6. The number of H-pyrrole nitrogens is 1. The molecule has 1 aliphatic rings. The van der Waals surface area contributed by atoms with Gasteiger partial charge in [-0.1, -0.05) is 71.0 Å². The number of fused-ring (bicyclic) bond motifs is 3. The van der Waals surface area contributed by atoms with Gasteiger partial charge in [-0.2, -0.15) is 13.2 Å². The standard InChI is InChI=1S/C35H43F3N4O3S/c1-5-20(3)25(32(39)46)18-30(44)34(14-13-29-27(19-34)24-11-9-12-28(31(24)41-29)35(36,37)38)42-33(45)26(21(4)6-2)17-23(43)16-22-10-7-8-15-40-22/h7-12,15,20-21,25-26,41H,5-6,13-14,16-19H2,1-4H3,(H2,39,46)(H,42,45)/t20?,21?,25-,26-,34+/m0/s1. The van der Waals surface area contributed by atoms with Gasteiger partial charge in [-0.05, 0) is 48.4 Å². The number of alkyl halides is 3. The maximum absolute atomic E-state index is 14.4. The van der Waals surface area contributed by atoms with Crippen molar-refractivity contribution in [3.63, 3.8) is 0 Å². The van der Waals surface area contributed by atoms with E-state index >= 15 is 0 Å². The lowest BCUT2D eigenvalue weighted by Gasteiger charge is -2.39. The molecule has 5 atom stereocenters. The van der Waals surface area contributed by atoms with E-state index in [0.717, 1.165) is 12.5 Å². The number of Topliss-reactive ketones (excluding diaryl/α,β-unsaturated/α-hetero) is 2. The third kappa shape index (κ3) is 7.67. The number of nitrogens with zero attached hydrogens (tertiary/aromatic N) is 1. The molecule has 3 aromatic rings. The first-order valence-corrected chi connectivity index (χ1v) is 16.4. The van der Waals surface area contributed by atoms with Crippen LogP contribution in [-0.4, -0.2) is 38.0 Å². The number of carbonyl (C=O) groups excluding carboxylic acids is 3. The van der Waals surface area contributed by atoms with Crippen LogP contribution in [0.2, 0.25) is 0 Å². The number of ketones is 2. The van der Waals surface area contributed by atoms with Gasteiger partial charge in [-0.3, -0.25) is 19.4 Å². The molecular weight excluding hydrogens is 613 g/mol. The Morgan fingerprint density at radius 2 is 1.74 bits per heavy atom. The first-order chi connectivity index (χ1) is 21.7. The van der Waals surface area contributed by atoms with Gasteiger partial charge in [0.25, 0.3) is 0 Å². The fraction of sp³-hybridized carbons (Fsp3) is 0.514. The normalized spacial score (nSPS) is 19.1. The van der Waals surface area contributed by atoms with E-state index in [4.69, 9.17) is 18.0 Å². The van der Waals surface area contributed by atoms with E-state index in [1.54, 1.807) is 30.5 Å². The predicted molar refractivity (Wildman–Crippen MR) is 176 cm³/mol. The van der Waals surface area contributed by atoms with Gasteiger partial charge in [0, 0.05) is 60.5 Å². The number of aryl methyl sites for hydroxylation is 1. The highest BCUT2D eigenvalue weighted by Crippen LogP contribution is 2.41. The number of thiocarbonyl (C=S) groups is 1. The highest BCUT2D eigenvalue weighted by atomic mass is 32.1. The molecule has 0 spiro atoms. The monoisotopic (exact) mass is 656 g/mol. The van der Waals surface area contributed by atoms with Crippen molar-refractivity contribution >= 4 is 45.6 Å². The molecule has 2 unspecified atom stereocenters. The molecule has 0 radical (unpaired) electrons. The van der Waals surface area contributed by atoms with Crippen molar-refractivity contribution in [1.29, 1.82) is 0 Å². The number of amides is 1. The Balaban J connectivity index is 1.72. The second-order valence-electron chi connectivity index (χ2n) is 12.8. The first kappa shape index (κ1) is 35.3. The quantitative estimate of drug-likeness (QED) is 0.166. The predicted octanol–water partition coefficient (Wildman–Crippen LogP) is 6.70. The number of aromatic amines is 1. The Bertz CT molecular complexity index is 1590. The molecule has 0 saturated carbocycles. The number of pyridine rings is 1. The van der Waals surface area contributed by atoms with Gasteiger partial charge in [0.05, 0.1) is 16.1 Å². The first-order valence-electron chi connectivity index (χ1n) is 16.0. The topological polar surface area (TPSA) is 118 Å². The molecule has 1 aromatic carbocycles. The van der Waals surface area contributed by atoms with Gasteiger partial charge in [0.15, 0.2) is 5.78 Å². The molecule has 7 nitrogen and oxygen atoms in total. The van der Waals surface area contributed by atoms with E-state index in [1.165, 1.54) is 6.07 Å². The maximum Gasteiger partial charge on any atom is 0.418 e. The molecule has 4 N–H and O–H groups in total. The molecule has 11 heteroatoms. The molecular formula is C35H43F3N4O3S. The highest BCUT2D eigenvalue weighted by Gasteiger charge is 2.46. The van der Waals surface area contributed by atoms with Gasteiger partial charge < -0.3 is 16.0 Å². The van der Waals surface area contributed by atoms with Crippen molar-refractivity contribution in [2.75, 3.05) is 0 Å². The summed E-state index contributed by atoms with van der Waals surface area (Å²) in [6.45, 7) is 7.78. The molecule has 2 heterocycles. The van der Waals surface area contributed by atoms with E-state index in [1.807, 2.05) is 27.7 Å². The van der Waals surface area contributed by atoms with Crippen LogP contribution in [0.3, 0.4) is 0 Å². The lowest BCUT2D eigenvalue weighted by Crippen LogP contribution is -2.60. The van der Waals surface area contributed by atoms with Crippen LogP contribution >= 0.6 is 12.2 Å². The Hall–Kier alpha value is -3.60. The molecule has 4 rings (SSSR count). The SMILES string of the molecule is CCC(C)[C@H](CC(=O)Cc1ccccn1)C(=O)N[C@]1(C(=O)C[C@H](C(N)=S)C(C)CC)CCc2[nH]c3c(C(F)(F)F)cccc3c2C1. The van der Waals surface area contributed by atoms with Crippen LogP contribution in [0.4, 0.5) is 13.2 Å². The van der Waals surface area contributed by atoms with E-state index < -0.39 is 35.0 Å². The largest absolute Gasteiger partial charge is 0.418 e. The molecule has 0 saturated heterocycles. The van der Waals surface area contributed by atoms with Crippen LogP contribution in [-0.2, 0) is 39.8 Å². The molecule has 0 fully saturated rings. The number of nitrogens with one attached hydrogen (secondary N) is 2. The lowest BCUT2D eigenvalue weighted by molar-refractivity contribution is -0.137. The maximum atomic E-state index is 14.4. The van der Waals surface area contributed by atoms with E-state index in [0.29, 0.717) is 28.8 Å². The lowest BCUT2D eigenvalue weighted by atomic mass is 9.72. The fourth-order valence-corrected chi connectivity index (χ4v) is 6.89. The summed E-state index contributed by atoms with van der Waals surface area (Å²) in [5.41, 5.74) is 5.64. The van der Waals surface area contributed by atoms with Crippen LogP contribution in [0.15, 0.2) is 42.6 Å². The summed E-state index contributed by atoms with van der Waals surface area (Å²) in [4.78, 5) is 49.2. The number of halogens is 3. The number of nitrogens with two attached hydrogens (primary N) is 1. The van der Waals surface area contributed by atoms with Crippen molar-refractivity contribution in [2.24, 2.45) is 29.4 Å². The second kappa shape index (κ2) is 14.4.